The summed E-state index contributed by atoms with van der Waals surface area (Å²) in [6.07, 6.45) is -0.213. The molecule has 6 rings (SSSR count). The molecule has 10 atom stereocenters. The minimum atomic E-state index is -4.59. The Labute approximate surface area is 280 Å². The molecular formula is C37H49F3N2O6. The second-order valence-electron chi connectivity index (χ2n) is 16.1. The van der Waals surface area contributed by atoms with Crippen LogP contribution in [0.4, 0.5) is 13.2 Å². The lowest BCUT2D eigenvalue weighted by atomic mass is 9.36. The van der Waals surface area contributed by atoms with Crippen molar-refractivity contribution >= 4 is 11.9 Å². The van der Waals surface area contributed by atoms with Crippen molar-refractivity contribution < 1.29 is 42.8 Å². The molecule has 8 nitrogen and oxygen atoms in total. The van der Waals surface area contributed by atoms with Crippen LogP contribution in [-0.2, 0) is 26.4 Å². The van der Waals surface area contributed by atoms with Crippen LogP contribution in [0.3, 0.4) is 0 Å². The predicted octanol–water partition coefficient (Wildman–Crippen LogP) is 7.51. The van der Waals surface area contributed by atoms with Crippen molar-refractivity contribution in [2.75, 3.05) is 0 Å². The average Bonchev–Trinajstić information content (AvgIpc) is 3.77. The summed E-state index contributed by atoms with van der Waals surface area (Å²) >= 11 is 0. The van der Waals surface area contributed by atoms with Crippen molar-refractivity contribution in [3.05, 3.63) is 46.5 Å². The number of fused-ring (bicyclic) bond motifs is 5. The number of nitrogens with zero attached hydrogens (tertiary/aromatic N) is 2. The van der Waals surface area contributed by atoms with Crippen LogP contribution in [0, 0.1) is 39.9 Å². The van der Waals surface area contributed by atoms with Gasteiger partial charge in [-0.05, 0) is 115 Å². The molecule has 0 spiro atoms. The standard InChI is InChI=1S/C37H49F3N2O6/c1-20-25-14-17-34(4)31(33(25,3)16-15-27(20)44)28(45)18-26-30(29(48-21(2)43)19-35(26,34)5)24(32(46)47)9-7-6-8-22-10-12-23(13-11-22)36(41-42-36)37(38,39)40/h10-13,20,25-29,31,44-45H,6-9,14-19H2,1-5H3,(H,46,47)/b30-24-/t20-,25?,26-,27+,28+,29-,31-,33-,34-,35-/m0/s1. The van der Waals surface area contributed by atoms with Crippen LogP contribution in [0.1, 0.15) is 104 Å². The second-order valence-corrected chi connectivity index (χ2v) is 16.1. The maximum Gasteiger partial charge on any atom is 0.442 e. The van der Waals surface area contributed by atoms with Crippen molar-refractivity contribution in [1.29, 1.82) is 0 Å². The van der Waals surface area contributed by atoms with Crippen molar-refractivity contribution in [3.8, 4) is 0 Å². The number of unbranched alkanes of at least 4 members (excludes halogenated alkanes) is 1. The number of aryl methyl sites for hydroxylation is 1. The van der Waals surface area contributed by atoms with E-state index in [9.17, 15) is 38.1 Å². The highest BCUT2D eigenvalue weighted by Crippen LogP contribution is 2.74. The molecule has 11 heteroatoms. The largest absolute Gasteiger partial charge is 0.478 e. The Bertz CT molecular complexity index is 1500. The second kappa shape index (κ2) is 11.9. The van der Waals surface area contributed by atoms with E-state index in [2.05, 4.69) is 37.9 Å². The molecule has 4 fully saturated rings. The molecule has 0 radical (unpaired) electrons. The molecule has 0 aromatic heterocycles. The Hall–Kier alpha value is -2.79. The van der Waals surface area contributed by atoms with Gasteiger partial charge in [-0.1, -0.05) is 52.0 Å². The molecular weight excluding hydrogens is 625 g/mol. The fourth-order valence-corrected chi connectivity index (χ4v) is 11.3. The zero-order valence-electron chi connectivity index (χ0n) is 28.5. The minimum absolute atomic E-state index is 0.0267. The van der Waals surface area contributed by atoms with Gasteiger partial charge in [0.1, 0.15) is 6.10 Å². The summed E-state index contributed by atoms with van der Waals surface area (Å²) in [5, 5.41) is 39.8. The number of carboxylic acid groups (broad SMARTS) is 1. The normalized spacial score (nSPS) is 40.8. The average molecular weight is 675 g/mol. The summed E-state index contributed by atoms with van der Waals surface area (Å²) in [4.78, 5) is 25.3. The first-order chi connectivity index (χ1) is 22.4. The Morgan fingerprint density at radius 1 is 0.979 bits per heavy atom. The molecule has 264 valence electrons. The van der Waals surface area contributed by atoms with E-state index in [0.717, 1.165) is 24.8 Å². The molecule has 1 unspecified atom stereocenters. The number of carboxylic acids is 1. The van der Waals surface area contributed by atoms with Gasteiger partial charge in [0.2, 0.25) is 0 Å². The number of carbonyl (C=O) groups excluding carboxylic acids is 1. The molecule has 1 heterocycles. The van der Waals surface area contributed by atoms with E-state index in [1.165, 1.54) is 19.1 Å². The fraction of sp³-hybridized carbons (Fsp3) is 0.730. The lowest BCUT2D eigenvalue weighted by Crippen LogP contribution is -2.65. The molecule has 1 aromatic rings. The van der Waals surface area contributed by atoms with Gasteiger partial charge in [0.15, 0.2) is 0 Å². The SMILES string of the molecule is CC(=O)O[C@H]1C[C@@]2(C)[C@@H](C[C@@H](O)[C@H]3[C@@]4(C)CC[C@@H](O)[C@@H](C)C4CC[C@@]32C)/C1=C(\CCCCc1ccc(C2(C(F)(F)F)N=N2)cc1)C(=O)O. The number of hydrogen-bond acceptors (Lipinski definition) is 7. The number of halogens is 3. The monoisotopic (exact) mass is 674 g/mol. The quantitative estimate of drug-likeness (QED) is 0.149. The third-order valence-corrected chi connectivity index (χ3v) is 13.8. The first-order valence-corrected chi connectivity index (χ1v) is 17.5. The molecule has 4 aliphatic carbocycles. The molecule has 5 aliphatic rings. The van der Waals surface area contributed by atoms with Crippen LogP contribution in [0.2, 0.25) is 0 Å². The number of aliphatic carboxylic acids is 1. The summed E-state index contributed by atoms with van der Waals surface area (Å²) < 4.78 is 46.0. The molecule has 1 aromatic carbocycles. The van der Waals surface area contributed by atoms with Crippen molar-refractivity contribution in [2.45, 2.75) is 129 Å². The van der Waals surface area contributed by atoms with E-state index in [0.29, 0.717) is 44.1 Å². The number of hydrogen-bond donors (Lipinski definition) is 3. The molecule has 0 amide bonds. The number of benzene rings is 1. The summed E-state index contributed by atoms with van der Waals surface area (Å²) in [5.74, 6) is -1.42. The van der Waals surface area contributed by atoms with Crippen LogP contribution in [0.5, 0.6) is 0 Å². The highest BCUT2D eigenvalue weighted by atomic mass is 19.4. The highest BCUT2D eigenvalue weighted by Gasteiger charge is 2.71. The lowest BCUT2D eigenvalue weighted by Gasteiger charge is -2.69. The van der Waals surface area contributed by atoms with Crippen LogP contribution in [-0.4, -0.2) is 51.7 Å². The van der Waals surface area contributed by atoms with Gasteiger partial charge in [-0.3, -0.25) is 4.79 Å². The number of rotatable bonds is 8. The number of aliphatic hydroxyl groups excluding tert-OH is 2. The Kier molecular flexibility index (Phi) is 8.71. The van der Waals surface area contributed by atoms with E-state index in [-0.39, 0.29) is 58.2 Å². The van der Waals surface area contributed by atoms with Crippen LogP contribution in [0.15, 0.2) is 45.6 Å². The zero-order valence-corrected chi connectivity index (χ0v) is 28.5. The number of alkyl halides is 3. The lowest BCUT2D eigenvalue weighted by molar-refractivity contribution is -0.234. The number of esters is 1. The Balaban J connectivity index is 1.24. The van der Waals surface area contributed by atoms with Crippen molar-refractivity contribution in [3.63, 3.8) is 0 Å². The van der Waals surface area contributed by atoms with Crippen LogP contribution in [0.25, 0.3) is 0 Å². The molecule has 48 heavy (non-hydrogen) atoms. The first-order valence-electron chi connectivity index (χ1n) is 17.5. The van der Waals surface area contributed by atoms with Gasteiger partial charge >= 0.3 is 23.8 Å². The topological polar surface area (TPSA) is 129 Å². The van der Waals surface area contributed by atoms with E-state index in [1.807, 2.05) is 0 Å². The molecule has 3 N–H and O–H groups in total. The molecule has 4 saturated carbocycles. The highest BCUT2D eigenvalue weighted by molar-refractivity contribution is 5.88. The van der Waals surface area contributed by atoms with E-state index >= 15 is 0 Å². The van der Waals surface area contributed by atoms with Gasteiger partial charge in [-0.2, -0.15) is 13.2 Å². The van der Waals surface area contributed by atoms with Gasteiger partial charge in [0, 0.05) is 18.1 Å². The van der Waals surface area contributed by atoms with Gasteiger partial charge in [-0.15, -0.1) is 10.2 Å². The van der Waals surface area contributed by atoms with E-state index in [1.54, 1.807) is 12.1 Å². The third-order valence-electron chi connectivity index (χ3n) is 13.8. The number of ether oxygens (including phenoxy) is 1. The summed E-state index contributed by atoms with van der Waals surface area (Å²) in [6.45, 7) is 10.2. The third kappa shape index (κ3) is 5.33. The van der Waals surface area contributed by atoms with Crippen molar-refractivity contribution in [2.24, 2.45) is 50.1 Å². The fourth-order valence-electron chi connectivity index (χ4n) is 11.3. The maximum absolute atomic E-state index is 13.4. The zero-order chi connectivity index (χ0) is 35.0. The predicted molar refractivity (Wildman–Crippen MR) is 170 cm³/mol. The number of aliphatic hydroxyl groups is 2. The van der Waals surface area contributed by atoms with Gasteiger partial charge < -0.3 is 20.1 Å². The van der Waals surface area contributed by atoms with Gasteiger partial charge in [-0.25, -0.2) is 4.79 Å². The Morgan fingerprint density at radius 2 is 1.65 bits per heavy atom. The summed E-state index contributed by atoms with van der Waals surface area (Å²) in [5.41, 5.74) is -1.74. The number of carbonyl (C=O) groups is 2. The van der Waals surface area contributed by atoms with Crippen LogP contribution >= 0.6 is 0 Å². The molecule has 0 saturated heterocycles. The van der Waals surface area contributed by atoms with Crippen LogP contribution < -0.4 is 0 Å². The Morgan fingerprint density at radius 3 is 2.23 bits per heavy atom. The first kappa shape index (κ1) is 35.1. The van der Waals surface area contributed by atoms with Gasteiger partial charge in [0.05, 0.1) is 12.2 Å². The molecule has 0 bridgehead atoms. The van der Waals surface area contributed by atoms with Crippen molar-refractivity contribution in [1.82, 2.24) is 0 Å². The summed E-state index contributed by atoms with van der Waals surface area (Å²) in [7, 11) is 0. The summed E-state index contributed by atoms with van der Waals surface area (Å²) in [6, 6.07) is 6.04. The van der Waals surface area contributed by atoms with E-state index < -0.39 is 41.4 Å². The molecule has 1 aliphatic heterocycles. The maximum atomic E-state index is 13.4. The minimum Gasteiger partial charge on any atom is -0.478 e. The smallest absolute Gasteiger partial charge is 0.442 e. The van der Waals surface area contributed by atoms with E-state index in [4.69, 9.17) is 4.74 Å². The van der Waals surface area contributed by atoms with Gasteiger partial charge in [0.25, 0.3) is 0 Å².